The maximum atomic E-state index is 12.0. The first-order valence-corrected chi connectivity index (χ1v) is 7.01. The molecule has 110 valence electrons. The molecule has 1 aliphatic rings. The molecule has 1 aromatic carbocycles. The van der Waals surface area contributed by atoms with Crippen LogP contribution in [-0.4, -0.2) is 41.7 Å². The van der Waals surface area contributed by atoms with Gasteiger partial charge in [0, 0.05) is 13.1 Å². The average Bonchev–Trinajstić information content (AvgIpc) is 2.44. The number of hydrogen-bond donors (Lipinski definition) is 2. The zero-order valence-corrected chi connectivity index (χ0v) is 11.8. The Bertz CT molecular complexity index is 464. The van der Waals surface area contributed by atoms with Crippen molar-refractivity contribution in [3.05, 3.63) is 24.3 Å². The van der Waals surface area contributed by atoms with Crippen molar-refractivity contribution < 1.29 is 14.6 Å². The third-order valence-corrected chi connectivity index (χ3v) is 3.76. The fourth-order valence-electron chi connectivity index (χ4n) is 2.29. The van der Waals surface area contributed by atoms with Crippen LogP contribution in [0.3, 0.4) is 0 Å². The molecular formula is C15H22N2O3. The molecule has 1 heterocycles. The molecule has 0 bridgehead atoms. The molecule has 3 N–H and O–H groups in total. The van der Waals surface area contributed by atoms with E-state index in [1.807, 2.05) is 19.1 Å². The van der Waals surface area contributed by atoms with Gasteiger partial charge in [0.2, 0.25) is 5.91 Å². The van der Waals surface area contributed by atoms with Gasteiger partial charge in [-0.2, -0.15) is 0 Å². The number of anilines is 1. The number of likely N-dealkylation sites (tertiary alicyclic amines) is 1. The van der Waals surface area contributed by atoms with Gasteiger partial charge in [-0.25, -0.2) is 0 Å². The number of benzene rings is 1. The van der Waals surface area contributed by atoms with E-state index in [-0.39, 0.29) is 11.8 Å². The maximum Gasteiger partial charge on any atom is 0.226 e. The van der Waals surface area contributed by atoms with E-state index in [4.69, 9.17) is 10.5 Å². The molecule has 20 heavy (non-hydrogen) atoms. The third-order valence-electron chi connectivity index (χ3n) is 3.76. The van der Waals surface area contributed by atoms with E-state index >= 15 is 0 Å². The molecule has 5 nitrogen and oxygen atoms in total. The van der Waals surface area contributed by atoms with E-state index in [0.717, 1.165) is 6.42 Å². The van der Waals surface area contributed by atoms with Gasteiger partial charge < -0.3 is 20.5 Å². The lowest BCUT2D eigenvalue weighted by Crippen LogP contribution is -2.46. The number of para-hydroxylation sites is 2. The molecule has 2 unspecified atom stereocenters. The Morgan fingerprint density at radius 2 is 2.25 bits per heavy atom. The topological polar surface area (TPSA) is 75.8 Å². The number of nitrogens with zero attached hydrogens (tertiary/aromatic N) is 1. The molecule has 1 amide bonds. The molecule has 1 saturated heterocycles. The number of carbonyl (C=O) groups is 1. The minimum atomic E-state index is -0.418. The van der Waals surface area contributed by atoms with Gasteiger partial charge in [-0.15, -0.1) is 0 Å². The van der Waals surface area contributed by atoms with Crippen LogP contribution < -0.4 is 10.5 Å². The Hall–Kier alpha value is -1.75. The first kappa shape index (κ1) is 14.7. The number of aliphatic hydroxyl groups excluding tert-OH is 1. The van der Waals surface area contributed by atoms with Crippen molar-refractivity contribution in [3.63, 3.8) is 0 Å². The highest BCUT2D eigenvalue weighted by molar-refractivity contribution is 5.76. The second-order valence-electron chi connectivity index (χ2n) is 5.31. The number of nitrogens with two attached hydrogens (primary N) is 1. The van der Waals surface area contributed by atoms with Crippen molar-refractivity contribution in [2.75, 3.05) is 25.4 Å². The van der Waals surface area contributed by atoms with Gasteiger partial charge in [0.25, 0.3) is 0 Å². The van der Waals surface area contributed by atoms with E-state index < -0.39 is 6.10 Å². The van der Waals surface area contributed by atoms with Crippen LogP contribution in [0.5, 0.6) is 5.75 Å². The highest BCUT2D eigenvalue weighted by Crippen LogP contribution is 2.20. The number of rotatable bonds is 4. The Labute approximate surface area is 119 Å². The summed E-state index contributed by atoms with van der Waals surface area (Å²) < 4.78 is 5.51. The van der Waals surface area contributed by atoms with Crippen LogP contribution in [0.15, 0.2) is 24.3 Å². The maximum absolute atomic E-state index is 12.0. The summed E-state index contributed by atoms with van der Waals surface area (Å²) in [5, 5.41) is 9.80. The normalized spacial score (nSPS) is 22.6. The van der Waals surface area contributed by atoms with Crippen LogP contribution >= 0.6 is 0 Å². The molecule has 0 aliphatic carbocycles. The number of amides is 1. The molecule has 5 heteroatoms. The fraction of sp³-hybridized carbons (Fsp3) is 0.533. The van der Waals surface area contributed by atoms with Crippen LogP contribution in [0, 0.1) is 5.92 Å². The first-order valence-electron chi connectivity index (χ1n) is 7.01. The number of ether oxygens (including phenoxy) is 1. The van der Waals surface area contributed by atoms with Crippen molar-refractivity contribution in [1.82, 2.24) is 4.90 Å². The van der Waals surface area contributed by atoms with Gasteiger partial charge in [0.05, 0.1) is 24.8 Å². The summed E-state index contributed by atoms with van der Waals surface area (Å²) in [5.74, 6) is 0.887. The van der Waals surface area contributed by atoms with Gasteiger partial charge in [0.1, 0.15) is 5.75 Å². The summed E-state index contributed by atoms with van der Waals surface area (Å²) in [4.78, 5) is 13.7. The highest BCUT2D eigenvalue weighted by Gasteiger charge is 2.26. The Morgan fingerprint density at radius 3 is 2.95 bits per heavy atom. The number of β-amino-alcohol motifs (C(OH)–C–C–N with tert-alkyl or cyclic N) is 1. The monoisotopic (exact) mass is 278 g/mol. The van der Waals surface area contributed by atoms with Crippen molar-refractivity contribution >= 4 is 11.6 Å². The lowest BCUT2D eigenvalue weighted by molar-refractivity contribution is -0.135. The molecular weight excluding hydrogens is 256 g/mol. The molecule has 0 aromatic heterocycles. The predicted octanol–water partition coefficient (Wildman–Crippen LogP) is 1.27. The van der Waals surface area contributed by atoms with Gasteiger partial charge in [0.15, 0.2) is 0 Å². The second kappa shape index (κ2) is 6.61. The predicted molar refractivity (Wildman–Crippen MR) is 77.3 cm³/mol. The van der Waals surface area contributed by atoms with Gasteiger partial charge in [-0.05, 0) is 24.5 Å². The molecule has 0 saturated carbocycles. The van der Waals surface area contributed by atoms with E-state index in [0.29, 0.717) is 37.6 Å². The quantitative estimate of drug-likeness (QED) is 0.813. The van der Waals surface area contributed by atoms with E-state index in [2.05, 4.69) is 0 Å². The number of carbonyl (C=O) groups excluding carboxylic acids is 1. The Balaban J connectivity index is 1.77. The minimum absolute atomic E-state index is 0.0189. The smallest absolute Gasteiger partial charge is 0.226 e. The highest BCUT2D eigenvalue weighted by atomic mass is 16.5. The molecule has 0 spiro atoms. The Kier molecular flexibility index (Phi) is 4.84. The molecule has 2 rings (SSSR count). The zero-order valence-electron chi connectivity index (χ0n) is 11.8. The van der Waals surface area contributed by atoms with Crippen molar-refractivity contribution in [3.8, 4) is 5.75 Å². The summed E-state index contributed by atoms with van der Waals surface area (Å²) in [6, 6.07) is 7.23. The van der Waals surface area contributed by atoms with Crippen LogP contribution in [0.1, 0.15) is 19.8 Å². The number of nitrogen functional groups attached to an aromatic ring is 1. The van der Waals surface area contributed by atoms with Crippen LogP contribution in [0.4, 0.5) is 5.69 Å². The van der Waals surface area contributed by atoms with Crippen LogP contribution in [0.2, 0.25) is 0 Å². The average molecular weight is 278 g/mol. The third kappa shape index (κ3) is 3.63. The lowest BCUT2D eigenvalue weighted by Gasteiger charge is -2.34. The number of piperidine rings is 1. The lowest BCUT2D eigenvalue weighted by atomic mass is 9.96. The molecule has 2 atom stereocenters. The first-order chi connectivity index (χ1) is 9.58. The molecule has 1 fully saturated rings. The van der Waals surface area contributed by atoms with Gasteiger partial charge in [-0.1, -0.05) is 19.1 Å². The van der Waals surface area contributed by atoms with Crippen LogP contribution in [-0.2, 0) is 4.79 Å². The summed E-state index contributed by atoms with van der Waals surface area (Å²) in [7, 11) is 0. The van der Waals surface area contributed by atoms with Crippen molar-refractivity contribution in [2.45, 2.75) is 25.9 Å². The van der Waals surface area contributed by atoms with Crippen LogP contribution in [0.25, 0.3) is 0 Å². The number of hydrogen-bond acceptors (Lipinski definition) is 4. The zero-order chi connectivity index (χ0) is 14.5. The number of aliphatic hydroxyl groups is 1. The Morgan fingerprint density at radius 1 is 1.50 bits per heavy atom. The molecule has 1 aromatic rings. The van der Waals surface area contributed by atoms with Gasteiger partial charge in [-0.3, -0.25) is 4.79 Å². The SMILES string of the molecule is CC1CCN(C(=O)CCOc2ccccc2N)CC1O. The molecule has 1 aliphatic heterocycles. The summed E-state index contributed by atoms with van der Waals surface area (Å²) >= 11 is 0. The summed E-state index contributed by atoms with van der Waals surface area (Å²) in [6.07, 6.45) is 0.729. The standard InChI is InChI=1S/C15H22N2O3/c1-11-6-8-17(10-13(11)18)15(19)7-9-20-14-5-3-2-4-12(14)16/h2-5,11,13,18H,6-10,16H2,1H3. The largest absolute Gasteiger partial charge is 0.491 e. The van der Waals surface area contributed by atoms with E-state index in [9.17, 15) is 9.90 Å². The van der Waals surface area contributed by atoms with E-state index in [1.54, 1.807) is 17.0 Å². The van der Waals surface area contributed by atoms with Crippen molar-refractivity contribution in [1.29, 1.82) is 0 Å². The minimum Gasteiger partial charge on any atom is -0.491 e. The van der Waals surface area contributed by atoms with E-state index in [1.165, 1.54) is 0 Å². The summed E-state index contributed by atoms with van der Waals surface area (Å²) in [6.45, 7) is 3.45. The summed E-state index contributed by atoms with van der Waals surface area (Å²) in [5.41, 5.74) is 6.33. The fourth-order valence-corrected chi connectivity index (χ4v) is 2.29. The van der Waals surface area contributed by atoms with Crippen molar-refractivity contribution in [2.24, 2.45) is 5.92 Å². The van der Waals surface area contributed by atoms with Gasteiger partial charge >= 0.3 is 0 Å². The molecule has 0 radical (unpaired) electrons. The second-order valence-corrected chi connectivity index (χ2v) is 5.31.